The van der Waals surface area contributed by atoms with E-state index < -0.39 is 0 Å². The first-order valence-corrected chi connectivity index (χ1v) is 7.48. The van der Waals surface area contributed by atoms with Crippen LogP contribution in [0.15, 0.2) is 24.5 Å². The zero-order valence-electron chi connectivity index (χ0n) is 12.3. The lowest BCUT2D eigenvalue weighted by atomic mass is 9.93. The maximum absolute atomic E-state index is 12.4. The van der Waals surface area contributed by atoms with E-state index in [1.54, 1.807) is 18.3 Å². The number of carbonyl (C=O) groups is 2. The molecule has 0 bridgehead atoms. The minimum absolute atomic E-state index is 0.0634. The van der Waals surface area contributed by atoms with Crippen LogP contribution in [0.1, 0.15) is 35.7 Å². The number of rotatable bonds is 3. The van der Waals surface area contributed by atoms with Gasteiger partial charge in [0.1, 0.15) is 11.5 Å². The number of anilines is 2. The maximum atomic E-state index is 12.4. The first-order chi connectivity index (χ1) is 11.2. The molecule has 2 N–H and O–H groups in total. The Balaban J connectivity index is 1.54. The number of nitrogens with zero attached hydrogens (tertiary/aromatic N) is 3. The number of nitrogens with one attached hydrogen (secondary N) is 2. The fourth-order valence-corrected chi connectivity index (χ4v) is 2.63. The van der Waals surface area contributed by atoms with Gasteiger partial charge in [0, 0.05) is 12.3 Å². The summed E-state index contributed by atoms with van der Waals surface area (Å²) in [4.78, 5) is 27.8. The van der Waals surface area contributed by atoms with Crippen LogP contribution in [0.3, 0.4) is 0 Å². The first kappa shape index (κ1) is 13.7. The molecule has 2 aromatic heterocycles. The zero-order valence-corrected chi connectivity index (χ0v) is 12.3. The Morgan fingerprint density at radius 3 is 3.09 bits per heavy atom. The van der Waals surface area contributed by atoms with E-state index in [9.17, 15) is 9.59 Å². The van der Waals surface area contributed by atoms with E-state index in [4.69, 9.17) is 4.74 Å². The van der Waals surface area contributed by atoms with Crippen molar-refractivity contribution in [1.29, 1.82) is 0 Å². The van der Waals surface area contributed by atoms with Crippen molar-refractivity contribution < 1.29 is 14.3 Å². The van der Waals surface area contributed by atoms with Crippen LogP contribution >= 0.6 is 0 Å². The lowest BCUT2D eigenvalue weighted by Gasteiger charge is -2.27. The van der Waals surface area contributed by atoms with Crippen LogP contribution in [-0.4, -0.2) is 33.2 Å². The molecule has 4 rings (SSSR count). The van der Waals surface area contributed by atoms with Gasteiger partial charge in [0.05, 0.1) is 17.8 Å². The van der Waals surface area contributed by atoms with Gasteiger partial charge in [-0.15, -0.1) is 0 Å². The molecule has 0 saturated heterocycles. The summed E-state index contributed by atoms with van der Waals surface area (Å²) >= 11 is 0. The van der Waals surface area contributed by atoms with E-state index in [2.05, 4.69) is 20.7 Å². The molecule has 2 aliphatic rings. The van der Waals surface area contributed by atoms with Crippen molar-refractivity contribution in [2.45, 2.75) is 25.3 Å². The minimum atomic E-state index is -0.304. The van der Waals surface area contributed by atoms with Gasteiger partial charge in [-0.2, -0.15) is 5.10 Å². The molecule has 1 fully saturated rings. The van der Waals surface area contributed by atoms with Crippen LogP contribution in [0.25, 0.3) is 0 Å². The molecule has 23 heavy (non-hydrogen) atoms. The standard InChI is InChI=1S/C15H15N5O3/c21-13-8-23-15-11(18-13)6-9(7-16-15)14(22)19-12-4-5-17-20(12)10-2-1-3-10/h4-7,10H,1-3,8H2,(H,18,21)(H,19,22). The largest absolute Gasteiger partial charge is 0.466 e. The summed E-state index contributed by atoms with van der Waals surface area (Å²) in [7, 11) is 0. The van der Waals surface area contributed by atoms with E-state index in [1.165, 1.54) is 12.6 Å². The van der Waals surface area contributed by atoms with Gasteiger partial charge in [0.25, 0.3) is 11.8 Å². The molecule has 0 unspecified atom stereocenters. The third-order valence-electron chi connectivity index (χ3n) is 4.06. The van der Waals surface area contributed by atoms with E-state index >= 15 is 0 Å². The fourth-order valence-electron chi connectivity index (χ4n) is 2.63. The second kappa shape index (κ2) is 5.38. The second-order valence-corrected chi connectivity index (χ2v) is 5.61. The molecule has 0 atom stereocenters. The summed E-state index contributed by atoms with van der Waals surface area (Å²) in [5, 5.41) is 9.75. The van der Waals surface area contributed by atoms with Gasteiger partial charge in [0.2, 0.25) is 5.88 Å². The van der Waals surface area contributed by atoms with Crippen molar-refractivity contribution in [2.24, 2.45) is 0 Å². The Hall–Kier alpha value is -2.90. The van der Waals surface area contributed by atoms with Crippen LogP contribution in [0.4, 0.5) is 11.5 Å². The molecule has 1 aliphatic heterocycles. The molecule has 0 radical (unpaired) electrons. The van der Waals surface area contributed by atoms with Gasteiger partial charge in [0.15, 0.2) is 6.61 Å². The van der Waals surface area contributed by atoms with E-state index in [1.807, 2.05) is 4.68 Å². The molecule has 1 aliphatic carbocycles. The molecule has 8 nitrogen and oxygen atoms in total. The quantitative estimate of drug-likeness (QED) is 0.896. The highest BCUT2D eigenvalue weighted by Crippen LogP contribution is 2.33. The Morgan fingerprint density at radius 2 is 2.30 bits per heavy atom. The summed E-state index contributed by atoms with van der Waals surface area (Å²) in [5.41, 5.74) is 0.748. The monoisotopic (exact) mass is 313 g/mol. The number of pyridine rings is 1. The lowest BCUT2D eigenvalue weighted by Crippen LogP contribution is -2.27. The maximum Gasteiger partial charge on any atom is 0.262 e. The number of fused-ring (bicyclic) bond motifs is 1. The first-order valence-electron chi connectivity index (χ1n) is 7.48. The molecule has 118 valence electrons. The highest BCUT2D eigenvalue weighted by molar-refractivity contribution is 6.05. The normalized spacial score (nSPS) is 16.8. The highest BCUT2D eigenvalue weighted by atomic mass is 16.5. The van der Waals surface area contributed by atoms with Crippen LogP contribution in [0.5, 0.6) is 5.88 Å². The van der Waals surface area contributed by atoms with Crippen LogP contribution in [0, 0.1) is 0 Å². The Morgan fingerprint density at radius 1 is 1.43 bits per heavy atom. The smallest absolute Gasteiger partial charge is 0.262 e. The van der Waals surface area contributed by atoms with Gasteiger partial charge in [-0.3, -0.25) is 9.59 Å². The number of hydrogen-bond acceptors (Lipinski definition) is 5. The van der Waals surface area contributed by atoms with Gasteiger partial charge >= 0.3 is 0 Å². The van der Waals surface area contributed by atoms with Crippen molar-refractivity contribution >= 4 is 23.3 Å². The molecule has 8 heteroatoms. The predicted molar refractivity (Wildman–Crippen MR) is 81.4 cm³/mol. The molecule has 0 aromatic carbocycles. The molecular formula is C15H15N5O3. The molecule has 2 aromatic rings. The van der Waals surface area contributed by atoms with Crippen LogP contribution < -0.4 is 15.4 Å². The molecule has 3 heterocycles. The van der Waals surface area contributed by atoms with E-state index in [-0.39, 0.29) is 18.4 Å². The summed E-state index contributed by atoms with van der Waals surface area (Å²) in [6.07, 6.45) is 6.44. The van der Waals surface area contributed by atoms with Crippen LogP contribution in [-0.2, 0) is 4.79 Å². The zero-order chi connectivity index (χ0) is 15.8. The van der Waals surface area contributed by atoms with Crippen molar-refractivity contribution in [1.82, 2.24) is 14.8 Å². The summed E-state index contributed by atoms with van der Waals surface area (Å²) in [6, 6.07) is 3.68. The van der Waals surface area contributed by atoms with Gasteiger partial charge < -0.3 is 15.4 Å². The van der Waals surface area contributed by atoms with Gasteiger partial charge in [-0.25, -0.2) is 9.67 Å². The molecule has 0 spiro atoms. The molecular weight excluding hydrogens is 298 g/mol. The van der Waals surface area contributed by atoms with Crippen molar-refractivity contribution in [3.05, 3.63) is 30.1 Å². The number of aromatic nitrogens is 3. The fraction of sp³-hybridized carbons (Fsp3) is 0.333. The number of amides is 2. The Bertz CT molecular complexity index is 781. The SMILES string of the molecule is O=C1COc2ncc(C(=O)Nc3ccnn3C3CCC3)cc2N1. The van der Waals surface area contributed by atoms with Gasteiger partial charge in [-0.05, 0) is 25.3 Å². The summed E-state index contributed by atoms with van der Waals surface area (Å²) < 4.78 is 7.03. The van der Waals surface area contributed by atoms with Crippen molar-refractivity contribution in [2.75, 3.05) is 17.2 Å². The molecule has 1 saturated carbocycles. The average molecular weight is 313 g/mol. The minimum Gasteiger partial charge on any atom is -0.466 e. The van der Waals surface area contributed by atoms with E-state index in [0.29, 0.717) is 29.0 Å². The van der Waals surface area contributed by atoms with Crippen molar-refractivity contribution in [3.8, 4) is 5.88 Å². The number of ether oxygens (including phenoxy) is 1. The second-order valence-electron chi connectivity index (χ2n) is 5.61. The third kappa shape index (κ3) is 2.52. The third-order valence-corrected chi connectivity index (χ3v) is 4.06. The predicted octanol–water partition coefficient (Wildman–Crippen LogP) is 1.59. The summed E-state index contributed by atoms with van der Waals surface area (Å²) in [6.45, 7) is -0.0634. The summed E-state index contributed by atoms with van der Waals surface area (Å²) in [5.74, 6) is 0.416. The Kier molecular flexibility index (Phi) is 3.22. The Labute approximate surface area is 131 Å². The van der Waals surface area contributed by atoms with Crippen LogP contribution in [0.2, 0.25) is 0 Å². The number of carbonyl (C=O) groups excluding carboxylic acids is 2. The van der Waals surface area contributed by atoms with Crippen molar-refractivity contribution in [3.63, 3.8) is 0 Å². The highest BCUT2D eigenvalue weighted by Gasteiger charge is 2.24. The lowest BCUT2D eigenvalue weighted by molar-refractivity contribution is -0.118. The van der Waals surface area contributed by atoms with E-state index in [0.717, 1.165) is 12.8 Å². The molecule has 2 amide bonds. The average Bonchev–Trinajstić information content (AvgIpc) is 2.92. The van der Waals surface area contributed by atoms with Gasteiger partial charge in [-0.1, -0.05) is 0 Å². The topological polar surface area (TPSA) is 98.1 Å². The number of hydrogen-bond donors (Lipinski definition) is 2.